The molecule has 9 heteroatoms. The maximum absolute atomic E-state index is 12.0. The van der Waals surface area contributed by atoms with Crippen LogP contribution in [0.15, 0.2) is 15.8 Å². The van der Waals surface area contributed by atoms with Crippen molar-refractivity contribution in [2.24, 2.45) is 0 Å². The van der Waals surface area contributed by atoms with Crippen molar-refractivity contribution in [1.29, 1.82) is 0 Å². The van der Waals surface area contributed by atoms with Gasteiger partial charge >= 0.3 is 5.69 Å². The Morgan fingerprint density at radius 3 is 2.74 bits per heavy atom. The van der Waals surface area contributed by atoms with Crippen LogP contribution in [0.3, 0.4) is 0 Å². The molecule has 0 aliphatic carbocycles. The summed E-state index contributed by atoms with van der Waals surface area (Å²) in [5.74, 6) is -0.0386. The SMILES string of the molecule is CNC1C(O)[C@H](n2cc(OC)c(=O)[nH]c2=O)O[C@@H]1COC(C)C. The molecule has 1 aromatic rings. The normalized spacial score (nSPS) is 27.6. The third-order valence-corrected chi connectivity index (χ3v) is 3.73. The van der Waals surface area contributed by atoms with Crippen LogP contribution in [-0.2, 0) is 9.47 Å². The molecule has 9 nitrogen and oxygen atoms in total. The van der Waals surface area contributed by atoms with Crippen LogP contribution in [0.5, 0.6) is 5.75 Å². The van der Waals surface area contributed by atoms with Crippen molar-refractivity contribution in [3.8, 4) is 5.75 Å². The van der Waals surface area contributed by atoms with E-state index in [2.05, 4.69) is 10.3 Å². The molecule has 2 unspecified atom stereocenters. The quantitative estimate of drug-likeness (QED) is 0.601. The number of hydrogen-bond donors (Lipinski definition) is 3. The molecule has 1 fully saturated rings. The number of ether oxygens (including phenoxy) is 3. The summed E-state index contributed by atoms with van der Waals surface area (Å²) in [6, 6.07) is -0.413. The topological polar surface area (TPSA) is 115 Å². The van der Waals surface area contributed by atoms with E-state index in [0.717, 1.165) is 4.57 Å². The van der Waals surface area contributed by atoms with Crippen LogP contribution < -0.4 is 21.3 Å². The van der Waals surface area contributed by atoms with Gasteiger partial charge in [-0.2, -0.15) is 0 Å². The first-order valence-electron chi connectivity index (χ1n) is 7.40. The number of nitrogens with zero attached hydrogens (tertiary/aromatic N) is 1. The highest BCUT2D eigenvalue weighted by Crippen LogP contribution is 2.29. The number of H-pyrrole nitrogens is 1. The highest BCUT2D eigenvalue weighted by atomic mass is 16.6. The molecule has 0 aromatic carbocycles. The maximum Gasteiger partial charge on any atom is 0.330 e. The Bertz CT molecular complexity index is 640. The molecular formula is C14H23N3O6. The molecule has 2 heterocycles. The van der Waals surface area contributed by atoms with Crippen molar-refractivity contribution >= 4 is 0 Å². The van der Waals surface area contributed by atoms with E-state index in [4.69, 9.17) is 14.2 Å². The predicted molar refractivity (Wildman–Crippen MR) is 81.7 cm³/mol. The molecule has 3 N–H and O–H groups in total. The van der Waals surface area contributed by atoms with Gasteiger partial charge in [-0.3, -0.25) is 14.3 Å². The molecular weight excluding hydrogens is 306 g/mol. The van der Waals surface area contributed by atoms with Crippen LogP contribution in [0.1, 0.15) is 20.1 Å². The van der Waals surface area contributed by atoms with E-state index < -0.39 is 35.7 Å². The van der Waals surface area contributed by atoms with E-state index in [0.29, 0.717) is 0 Å². The van der Waals surface area contributed by atoms with Crippen LogP contribution in [0.25, 0.3) is 0 Å². The van der Waals surface area contributed by atoms with E-state index in [1.807, 2.05) is 13.8 Å². The van der Waals surface area contributed by atoms with Gasteiger partial charge in [0.1, 0.15) is 12.2 Å². The van der Waals surface area contributed by atoms with Crippen molar-refractivity contribution in [2.45, 2.75) is 44.4 Å². The molecule has 0 bridgehead atoms. The average molecular weight is 329 g/mol. The summed E-state index contributed by atoms with van der Waals surface area (Å²) < 4.78 is 17.3. The smallest absolute Gasteiger partial charge is 0.330 e. The summed E-state index contributed by atoms with van der Waals surface area (Å²) in [5.41, 5.74) is -1.31. The van der Waals surface area contributed by atoms with Gasteiger partial charge in [-0.05, 0) is 20.9 Å². The van der Waals surface area contributed by atoms with Gasteiger partial charge in [-0.1, -0.05) is 0 Å². The van der Waals surface area contributed by atoms with Gasteiger partial charge < -0.3 is 24.6 Å². The van der Waals surface area contributed by atoms with Crippen molar-refractivity contribution in [3.05, 3.63) is 27.0 Å². The molecule has 1 aliphatic rings. The Kier molecular flexibility index (Phi) is 5.58. The lowest BCUT2D eigenvalue weighted by atomic mass is 10.1. The molecule has 1 saturated heterocycles. The van der Waals surface area contributed by atoms with E-state index in [9.17, 15) is 14.7 Å². The lowest BCUT2D eigenvalue weighted by Crippen LogP contribution is -2.45. The van der Waals surface area contributed by atoms with Crippen molar-refractivity contribution in [2.75, 3.05) is 20.8 Å². The molecule has 0 spiro atoms. The van der Waals surface area contributed by atoms with Gasteiger partial charge in [0.2, 0.25) is 5.75 Å². The fourth-order valence-corrected chi connectivity index (χ4v) is 2.56. The van der Waals surface area contributed by atoms with Gasteiger partial charge in [0.05, 0.1) is 32.1 Å². The van der Waals surface area contributed by atoms with Crippen LogP contribution >= 0.6 is 0 Å². The van der Waals surface area contributed by atoms with E-state index in [-0.39, 0.29) is 18.5 Å². The number of nitrogens with one attached hydrogen (secondary N) is 2. The lowest BCUT2D eigenvalue weighted by molar-refractivity contribution is -0.0727. The zero-order valence-corrected chi connectivity index (χ0v) is 13.6. The maximum atomic E-state index is 12.0. The number of likely N-dealkylation sites (N-methyl/N-ethyl adjacent to an activating group) is 1. The number of methoxy groups -OCH3 is 1. The number of aliphatic hydroxyl groups is 1. The van der Waals surface area contributed by atoms with Crippen molar-refractivity contribution in [1.82, 2.24) is 14.9 Å². The third-order valence-electron chi connectivity index (χ3n) is 3.73. The lowest BCUT2D eigenvalue weighted by Gasteiger charge is -2.20. The minimum absolute atomic E-state index is 0.0168. The Labute approximate surface area is 133 Å². The minimum atomic E-state index is -0.992. The van der Waals surface area contributed by atoms with Gasteiger partial charge in [0.15, 0.2) is 6.23 Å². The van der Waals surface area contributed by atoms with Crippen LogP contribution in [0.4, 0.5) is 0 Å². The van der Waals surface area contributed by atoms with Gasteiger partial charge in [-0.15, -0.1) is 0 Å². The summed E-state index contributed by atoms with van der Waals surface area (Å²) in [6.45, 7) is 4.06. The van der Waals surface area contributed by atoms with Crippen molar-refractivity contribution < 1.29 is 19.3 Å². The molecule has 1 aromatic heterocycles. The third kappa shape index (κ3) is 3.63. The number of aliphatic hydroxyl groups excluding tert-OH is 1. The second kappa shape index (κ2) is 7.26. The number of rotatable bonds is 6. The largest absolute Gasteiger partial charge is 0.490 e. The molecule has 23 heavy (non-hydrogen) atoms. The first kappa shape index (κ1) is 17.7. The Balaban J connectivity index is 2.30. The molecule has 130 valence electrons. The molecule has 2 rings (SSSR count). The monoisotopic (exact) mass is 329 g/mol. The van der Waals surface area contributed by atoms with E-state index >= 15 is 0 Å². The molecule has 0 amide bonds. The Morgan fingerprint density at radius 1 is 1.48 bits per heavy atom. The standard InChI is InChI=1S/C14H23N3O6/c1-7(2)22-6-9-10(15-3)11(18)13(23-9)17-5-8(21-4)12(19)16-14(17)20/h5,7,9-11,13,15,18H,6H2,1-4H3,(H,16,19,20)/t9-,10?,11?,13-/m1/s1. The fraction of sp³-hybridized carbons (Fsp3) is 0.714. The number of aromatic amines is 1. The Morgan fingerprint density at radius 2 is 2.17 bits per heavy atom. The molecule has 4 atom stereocenters. The predicted octanol–water partition coefficient (Wildman–Crippen LogP) is -1.18. The molecule has 0 saturated carbocycles. The number of aromatic nitrogens is 2. The molecule has 0 radical (unpaired) electrons. The summed E-state index contributed by atoms with van der Waals surface area (Å²) in [4.78, 5) is 25.7. The fourth-order valence-electron chi connectivity index (χ4n) is 2.56. The molecule has 1 aliphatic heterocycles. The first-order chi connectivity index (χ1) is 10.9. The van der Waals surface area contributed by atoms with Gasteiger partial charge in [-0.25, -0.2) is 4.79 Å². The van der Waals surface area contributed by atoms with Gasteiger partial charge in [0, 0.05) is 0 Å². The second-order valence-corrected chi connectivity index (χ2v) is 5.62. The van der Waals surface area contributed by atoms with E-state index in [1.54, 1.807) is 7.05 Å². The Hall–Kier alpha value is -1.68. The second-order valence-electron chi connectivity index (χ2n) is 5.62. The summed E-state index contributed by atoms with van der Waals surface area (Å²) in [5, 5.41) is 13.4. The van der Waals surface area contributed by atoms with Crippen molar-refractivity contribution in [3.63, 3.8) is 0 Å². The number of hydrogen-bond acceptors (Lipinski definition) is 7. The van der Waals surface area contributed by atoms with Crippen LogP contribution in [0.2, 0.25) is 0 Å². The first-order valence-corrected chi connectivity index (χ1v) is 7.40. The summed E-state index contributed by atoms with van der Waals surface area (Å²) in [7, 11) is 3.01. The summed E-state index contributed by atoms with van der Waals surface area (Å²) >= 11 is 0. The minimum Gasteiger partial charge on any atom is -0.490 e. The zero-order valence-electron chi connectivity index (χ0n) is 13.6. The highest BCUT2D eigenvalue weighted by Gasteiger charge is 2.44. The average Bonchev–Trinajstić information content (AvgIpc) is 2.81. The highest BCUT2D eigenvalue weighted by molar-refractivity contribution is 5.12. The van der Waals surface area contributed by atoms with Gasteiger partial charge in [0.25, 0.3) is 5.56 Å². The van der Waals surface area contributed by atoms with E-state index in [1.165, 1.54) is 13.3 Å². The summed E-state index contributed by atoms with van der Waals surface area (Å²) in [6.07, 6.45) is -1.14. The zero-order chi connectivity index (χ0) is 17.1. The van der Waals surface area contributed by atoms with Crippen LogP contribution in [-0.4, -0.2) is 59.8 Å². The van der Waals surface area contributed by atoms with Crippen LogP contribution in [0, 0.1) is 0 Å².